The summed E-state index contributed by atoms with van der Waals surface area (Å²) in [5.41, 5.74) is 9.04. The van der Waals surface area contributed by atoms with Crippen LogP contribution in [0.15, 0.2) is 127 Å². The van der Waals surface area contributed by atoms with Gasteiger partial charge in [-0.1, -0.05) is 117 Å². The first kappa shape index (κ1) is 24.1. The van der Waals surface area contributed by atoms with Crippen LogP contribution in [-0.2, 0) is 5.41 Å². The lowest BCUT2D eigenvalue weighted by Crippen LogP contribution is -2.14. The van der Waals surface area contributed by atoms with Gasteiger partial charge in [-0.05, 0) is 29.8 Å². The van der Waals surface area contributed by atoms with Gasteiger partial charge < -0.3 is 4.57 Å². The fraction of sp³-hybridized carbons (Fsp3) is 0.0789. The van der Waals surface area contributed by atoms with E-state index in [4.69, 9.17) is 15.0 Å². The van der Waals surface area contributed by atoms with E-state index < -0.39 is 0 Å². The molecule has 204 valence electrons. The third-order valence-corrected chi connectivity index (χ3v) is 8.96. The minimum atomic E-state index is -0.118. The van der Waals surface area contributed by atoms with Crippen molar-refractivity contribution in [2.45, 2.75) is 19.3 Å². The molecule has 5 nitrogen and oxygen atoms in total. The smallest absolute Gasteiger partial charge is 0.238 e. The Morgan fingerprint density at radius 3 is 1.84 bits per heavy atom. The summed E-state index contributed by atoms with van der Waals surface area (Å²) < 4.78 is 4.67. The molecule has 0 spiro atoms. The summed E-state index contributed by atoms with van der Waals surface area (Å²) in [6.07, 6.45) is 0. The number of para-hydroxylation sites is 2. The third-order valence-electron chi connectivity index (χ3n) is 8.96. The Kier molecular flexibility index (Phi) is 4.89. The molecule has 4 heterocycles. The fourth-order valence-corrected chi connectivity index (χ4v) is 6.90. The number of hydrogen-bond acceptors (Lipinski definition) is 3. The number of aromatic nitrogens is 5. The standard InChI is InChI=1S/C38H27N5/c1-38(2)29-18-10-12-20-32(29)42-31-22-21-27-26-17-9-11-19-30(26)43(34(27)28(31)23-33(38)42)37-40-35(24-13-5-3-6-14-24)39-36(41-37)25-15-7-4-8-16-25/h3-23H,1-2H3. The first-order valence-corrected chi connectivity index (χ1v) is 14.6. The molecule has 1 aliphatic heterocycles. The topological polar surface area (TPSA) is 48.5 Å². The Bertz CT molecular complexity index is 2300. The van der Waals surface area contributed by atoms with Crippen molar-refractivity contribution in [1.29, 1.82) is 0 Å². The van der Waals surface area contributed by atoms with Gasteiger partial charge in [-0.3, -0.25) is 4.57 Å². The molecule has 5 heteroatoms. The van der Waals surface area contributed by atoms with Crippen molar-refractivity contribution in [2.75, 3.05) is 0 Å². The largest absolute Gasteiger partial charge is 0.312 e. The summed E-state index contributed by atoms with van der Waals surface area (Å²) in [5, 5.41) is 3.55. The molecule has 9 rings (SSSR count). The van der Waals surface area contributed by atoms with E-state index in [0.717, 1.165) is 22.2 Å². The Hall–Kier alpha value is -5.55. The van der Waals surface area contributed by atoms with Crippen molar-refractivity contribution in [3.05, 3.63) is 139 Å². The van der Waals surface area contributed by atoms with Crippen LogP contribution in [0.25, 0.3) is 67.1 Å². The molecule has 3 aromatic heterocycles. The number of hydrogen-bond donors (Lipinski definition) is 0. The van der Waals surface area contributed by atoms with Gasteiger partial charge in [0.2, 0.25) is 5.95 Å². The summed E-state index contributed by atoms with van der Waals surface area (Å²) in [6, 6.07) is 44.5. The Balaban J connectivity index is 1.41. The molecule has 0 N–H and O–H groups in total. The van der Waals surface area contributed by atoms with Crippen molar-refractivity contribution in [3.63, 3.8) is 0 Å². The molecule has 0 saturated heterocycles. The molecule has 0 bridgehead atoms. The van der Waals surface area contributed by atoms with Gasteiger partial charge >= 0.3 is 0 Å². The zero-order chi connectivity index (χ0) is 28.7. The van der Waals surface area contributed by atoms with Gasteiger partial charge in [0.1, 0.15) is 0 Å². The van der Waals surface area contributed by atoms with E-state index in [1.165, 1.54) is 38.6 Å². The maximum atomic E-state index is 5.14. The zero-order valence-corrected chi connectivity index (χ0v) is 23.9. The van der Waals surface area contributed by atoms with E-state index in [1.807, 2.05) is 36.4 Å². The molecule has 0 unspecified atom stereocenters. The molecule has 1 aliphatic rings. The molecular weight excluding hydrogens is 526 g/mol. The molecule has 0 radical (unpaired) electrons. The Morgan fingerprint density at radius 1 is 0.512 bits per heavy atom. The maximum absolute atomic E-state index is 5.14. The second kappa shape index (κ2) is 8.73. The SMILES string of the molecule is CC1(C)c2ccccc2-n2c1cc1c2ccc2c3ccccc3n(-c3nc(-c4ccccc4)nc(-c4ccccc4)n3)c21. The predicted molar refractivity (Wildman–Crippen MR) is 174 cm³/mol. The molecule has 0 aliphatic carbocycles. The number of fused-ring (bicyclic) bond motifs is 9. The highest BCUT2D eigenvalue weighted by molar-refractivity contribution is 6.18. The molecule has 0 saturated carbocycles. The number of nitrogens with zero attached hydrogens (tertiary/aromatic N) is 5. The molecular formula is C38H27N5. The van der Waals surface area contributed by atoms with Crippen molar-refractivity contribution in [3.8, 4) is 34.4 Å². The third kappa shape index (κ3) is 3.36. The van der Waals surface area contributed by atoms with Gasteiger partial charge in [0.05, 0.1) is 16.6 Å². The fourth-order valence-electron chi connectivity index (χ4n) is 6.90. The number of benzene rings is 5. The average Bonchev–Trinajstić information content (AvgIpc) is 3.69. The summed E-state index contributed by atoms with van der Waals surface area (Å²) in [4.78, 5) is 15.2. The lowest BCUT2D eigenvalue weighted by atomic mass is 9.83. The maximum Gasteiger partial charge on any atom is 0.238 e. The average molecular weight is 554 g/mol. The van der Waals surface area contributed by atoms with Crippen LogP contribution in [0.2, 0.25) is 0 Å². The van der Waals surface area contributed by atoms with E-state index in [2.05, 4.69) is 114 Å². The van der Waals surface area contributed by atoms with Crippen LogP contribution in [0.1, 0.15) is 25.1 Å². The highest BCUT2D eigenvalue weighted by Crippen LogP contribution is 2.48. The van der Waals surface area contributed by atoms with Crippen molar-refractivity contribution in [1.82, 2.24) is 24.1 Å². The van der Waals surface area contributed by atoms with E-state index in [-0.39, 0.29) is 5.41 Å². The minimum Gasteiger partial charge on any atom is -0.312 e. The van der Waals surface area contributed by atoms with Crippen LogP contribution < -0.4 is 0 Å². The van der Waals surface area contributed by atoms with Crippen LogP contribution in [0.4, 0.5) is 0 Å². The molecule has 5 aromatic carbocycles. The monoisotopic (exact) mass is 553 g/mol. The van der Waals surface area contributed by atoms with E-state index in [9.17, 15) is 0 Å². The molecule has 0 fully saturated rings. The van der Waals surface area contributed by atoms with E-state index in [1.54, 1.807) is 0 Å². The van der Waals surface area contributed by atoms with Crippen molar-refractivity contribution < 1.29 is 0 Å². The second-order valence-corrected chi connectivity index (χ2v) is 11.8. The van der Waals surface area contributed by atoms with Crippen LogP contribution in [0, 0.1) is 0 Å². The molecule has 0 amide bonds. The highest BCUT2D eigenvalue weighted by Gasteiger charge is 2.37. The van der Waals surface area contributed by atoms with Crippen molar-refractivity contribution in [2.24, 2.45) is 0 Å². The van der Waals surface area contributed by atoms with Crippen LogP contribution in [-0.4, -0.2) is 24.1 Å². The lowest BCUT2D eigenvalue weighted by Gasteiger charge is -2.18. The van der Waals surface area contributed by atoms with E-state index >= 15 is 0 Å². The van der Waals surface area contributed by atoms with Gasteiger partial charge in [0.25, 0.3) is 0 Å². The molecule has 43 heavy (non-hydrogen) atoms. The first-order valence-electron chi connectivity index (χ1n) is 14.6. The second-order valence-electron chi connectivity index (χ2n) is 11.8. The van der Waals surface area contributed by atoms with Gasteiger partial charge in [0, 0.05) is 44.1 Å². The predicted octanol–water partition coefficient (Wildman–Crippen LogP) is 8.89. The van der Waals surface area contributed by atoms with Gasteiger partial charge in [-0.25, -0.2) is 4.98 Å². The summed E-state index contributed by atoms with van der Waals surface area (Å²) >= 11 is 0. The van der Waals surface area contributed by atoms with Crippen LogP contribution >= 0.6 is 0 Å². The summed E-state index contributed by atoms with van der Waals surface area (Å²) in [6.45, 7) is 4.64. The molecule has 0 atom stereocenters. The minimum absolute atomic E-state index is 0.118. The zero-order valence-electron chi connectivity index (χ0n) is 23.9. The van der Waals surface area contributed by atoms with Crippen LogP contribution in [0.3, 0.4) is 0 Å². The first-order chi connectivity index (χ1) is 21.1. The van der Waals surface area contributed by atoms with E-state index in [0.29, 0.717) is 17.6 Å². The summed E-state index contributed by atoms with van der Waals surface area (Å²) in [7, 11) is 0. The number of rotatable bonds is 3. The summed E-state index contributed by atoms with van der Waals surface area (Å²) in [5.74, 6) is 1.91. The van der Waals surface area contributed by atoms with Crippen LogP contribution in [0.5, 0.6) is 0 Å². The highest BCUT2D eigenvalue weighted by atomic mass is 15.2. The van der Waals surface area contributed by atoms with Gasteiger partial charge in [-0.15, -0.1) is 0 Å². The quantitative estimate of drug-likeness (QED) is 0.220. The Morgan fingerprint density at radius 2 is 1.12 bits per heavy atom. The molecule has 8 aromatic rings. The lowest BCUT2D eigenvalue weighted by molar-refractivity contribution is 0.645. The van der Waals surface area contributed by atoms with Gasteiger partial charge in [0.15, 0.2) is 11.6 Å². The Labute approximate surface area is 248 Å². The normalized spacial score (nSPS) is 13.5. The van der Waals surface area contributed by atoms with Gasteiger partial charge in [-0.2, -0.15) is 9.97 Å². The van der Waals surface area contributed by atoms with Crippen molar-refractivity contribution >= 4 is 32.7 Å².